The van der Waals surface area contributed by atoms with E-state index in [1.54, 1.807) is 11.8 Å². The van der Waals surface area contributed by atoms with E-state index < -0.39 is 13.2 Å². The molecular weight excluding hydrogens is 259 g/mol. The van der Waals surface area contributed by atoms with Crippen LogP contribution >= 0.6 is 0 Å². The molecule has 6 nitrogen and oxygen atoms in total. The number of hydrogen-bond donors (Lipinski definition) is 1. The van der Waals surface area contributed by atoms with Crippen molar-refractivity contribution in [3.05, 3.63) is 0 Å². The van der Waals surface area contributed by atoms with Crippen LogP contribution in [0, 0.1) is 11.8 Å². The van der Waals surface area contributed by atoms with Crippen LogP contribution in [0.1, 0.15) is 26.7 Å². The molecule has 2 N–H and O–H groups in total. The summed E-state index contributed by atoms with van der Waals surface area (Å²) in [6.07, 6.45) is 2.59. The van der Waals surface area contributed by atoms with Gasteiger partial charge in [-0.25, -0.2) is 0 Å². The molecule has 0 aromatic carbocycles. The minimum Gasteiger partial charge on any atom is -0.509 e. The number of nitrogens with two attached hydrogens (primary N) is 1. The maximum Gasteiger partial charge on any atom is 0.527 e. The fourth-order valence-electron chi connectivity index (χ4n) is 3.02. The van der Waals surface area contributed by atoms with Gasteiger partial charge in [-0.15, -0.1) is 0 Å². The summed E-state index contributed by atoms with van der Waals surface area (Å²) in [5.41, 5.74) is 5.64. The largest absolute Gasteiger partial charge is 0.527 e. The second-order valence-electron chi connectivity index (χ2n) is 5.65. The Morgan fingerprint density at radius 1 is 1.60 bits per heavy atom. The highest BCUT2D eigenvalue weighted by molar-refractivity contribution is 6.46. The molecule has 2 aliphatic heterocycles. The molecule has 0 radical (unpaired) electrons. The summed E-state index contributed by atoms with van der Waals surface area (Å²) in [5.74, 6) is -0.382. The van der Waals surface area contributed by atoms with E-state index in [9.17, 15) is 9.59 Å². The lowest BCUT2D eigenvalue weighted by Gasteiger charge is -2.23. The Hall–Kier alpha value is -1.08. The lowest BCUT2D eigenvalue weighted by Crippen LogP contribution is -2.41. The molecule has 2 aliphatic rings. The first-order valence-electron chi connectivity index (χ1n) is 7.39. The lowest BCUT2D eigenvalue weighted by atomic mass is 9.77. The average Bonchev–Trinajstić information content (AvgIpc) is 2.80. The molecule has 0 saturated carbocycles. The Morgan fingerprint density at radius 3 is 3.00 bits per heavy atom. The van der Waals surface area contributed by atoms with Gasteiger partial charge in [0.1, 0.15) is 0 Å². The van der Waals surface area contributed by atoms with Gasteiger partial charge in [0.05, 0.1) is 12.0 Å². The van der Waals surface area contributed by atoms with Gasteiger partial charge in [-0.2, -0.15) is 0 Å². The van der Waals surface area contributed by atoms with Crippen molar-refractivity contribution < 1.29 is 18.9 Å². The van der Waals surface area contributed by atoms with Crippen molar-refractivity contribution in [1.29, 1.82) is 0 Å². The van der Waals surface area contributed by atoms with Crippen molar-refractivity contribution in [3.63, 3.8) is 0 Å². The highest BCUT2D eigenvalue weighted by atomic mass is 16.6. The monoisotopic (exact) mass is 282 g/mol. The summed E-state index contributed by atoms with van der Waals surface area (Å²) >= 11 is 0. The quantitative estimate of drug-likeness (QED) is 0.751. The molecule has 7 heteroatoms. The van der Waals surface area contributed by atoms with Crippen molar-refractivity contribution in [3.8, 4) is 0 Å². The van der Waals surface area contributed by atoms with Crippen LogP contribution in [0.15, 0.2) is 0 Å². The second kappa shape index (κ2) is 6.58. The van der Waals surface area contributed by atoms with E-state index in [0.29, 0.717) is 19.7 Å². The van der Waals surface area contributed by atoms with Crippen LogP contribution in [-0.4, -0.2) is 49.6 Å². The van der Waals surface area contributed by atoms with Crippen LogP contribution in [0.2, 0.25) is 6.32 Å². The normalized spacial score (nSPS) is 28.4. The minimum atomic E-state index is -0.522. The standard InChI is InChI=1S/C13H23BN2O4/c1-3-19-14-6-4-5-10-7-16(12(17)9(2)15)8-11(10)13(18)20-14/h9-11H,3-8,15H2,1-2H3/t9-,10-,11+/m0/s1. The Labute approximate surface area is 120 Å². The third-order valence-corrected chi connectivity index (χ3v) is 4.06. The van der Waals surface area contributed by atoms with E-state index in [-0.39, 0.29) is 23.7 Å². The molecule has 0 aromatic rings. The summed E-state index contributed by atoms with van der Waals surface area (Å²) < 4.78 is 10.8. The zero-order valence-corrected chi connectivity index (χ0v) is 12.2. The Balaban J connectivity index is 2.02. The highest BCUT2D eigenvalue weighted by Crippen LogP contribution is 2.32. The van der Waals surface area contributed by atoms with Crippen molar-refractivity contribution in [2.75, 3.05) is 19.7 Å². The Kier molecular flexibility index (Phi) is 5.04. The van der Waals surface area contributed by atoms with E-state index in [1.165, 1.54) is 0 Å². The number of hydrogen-bond acceptors (Lipinski definition) is 5. The fourth-order valence-corrected chi connectivity index (χ4v) is 3.02. The molecule has 1 amide bonds. The number of nitrogens with zero attached hydrogens (tertiary/aromatic N) is 1. The van der Waals surface area contributed by atoms with Crippen molar-refractivity contribution in [2.24, 2.45) is 17.6 Å². The average molecular weight is 282 g/mol. The Bertz CT molecular complexity index is 377. The van der Waals surface area contributed by atoms with Crippen LogP contribution in [-0.2, 0) is 18.9 Å². The van der Waals surface area contributed by atoms with Crippen molar-refractivity contribution >= 4 is 19.0 Å². The van der Waals surface area contributed by atoms with Crippen molar-refractivity contribution in [1.82, 2.24) is 4.90 Å². The van der Waals surface area contributed by atoms with Gasteiger partial charge >= 0.3 is 7.12 Å². The maximum absolute atomic E-state index is 12.2. The van der Waals surface area contributed by atoms with Gasteiger partial charge in [0.15, 0.2) is 0 Å². The smallest absolute Gasteiger partial charge is 0.509 e. The first-order valence-corrected chi connectivity index (χ1v) is 7.39. The van der Waals surface area contributed by atoms with Gasteiger partial charge in [-0.05, 0) is 32.5 Å². The van der Waals surface area contributed by atoms with Gasteiger partial charge in [0.25, 0.3) is 5.97 Å². The molecule has 0 aromatic heterocycles. The van der Waals surface area contributed by atoms with Crippen LogP contribution in [0.4, 0.5) is 0 Å². The number of likely N-dealkylation sites (tertiary alicyclic amines) is 1. The van der Waals surface area contributed by atoms with Crippen LogP contribution in [0.25, 0.3) is 0 Å². The van der Waals surface area contributed by atoms with E-state index >= 15 is 0 Å². The molecule has 2 rings (SSSR count). The number of fused-ring (bicyclic) bond motifs is 1. The third kappa shape index (κ3) is 3.33. The summed E-state index contributed by atoms with van der Waals surface area (Å²) in [6, 6.07) is -0.522. The molecular formula is C13H23BN2O4. The van der Waals surface area contributed by atoms with Gasteiger partial charge in [0, 0.05) is 19.7 Å². The first kappa shape index (κ1) is 15.3. The van der Waals surface area contributed by atoms with E-state index in [4.69, 9.17) is 15.0 Å². The maximum atomic E-state index is 12.2. The Morgan fingerprint density at radius 2 is 2.35 bits per heavy atom. The lowest BCUT2D eigenvalue weighted by molar-refractivity contribution is -0.142. The highest BCUT2D eigenvalue weighted by Gasteiger charge is 2.43. The molecule has 20 heavy (non-hydrogen) atoms. The van der Waals surface area contributed by atoms with Crippen LogP contribution in [0.5, 0.6) is 0 Å². The van der Waals surface area contributed by atoms with E-state index in [1.807, 2.05) is 6.92 Å². The van der Waals surface area contributed by atoms with Gasteiger partial charge < -0.3 is 19.9 Å². The molecule has 0 spiro atoms. The SMILES string of the molecule is CCOB1CCC[C@H]2CN(C(=O)[C@H](C)N)C[C@H]2C(=O)O1. The summed E-state index contributed by atoms with van der Waals surface area (Å²) in [7, 11) is -0.438. The number of rotatable bonds is 3. The molecule has 2 heterocycles. The zero-order chi connectivity index (χ0) is 14.7. The molecule has 2 fully saturated rings. The minimum absolute atomic E-state index is 0.0918. The summed E-state index contributed by atoms with van der Waals surface area (Å²) in [4.78, 5) is 25.9. The summed E-state index contributed by atoms with van der Waals surface area (Å²) in [5, 5.41) is 0. The van der Waals surface area contributed by atoms with Gasteiger partial charge in [-0.3, -0.25) is 9.59 Å². The molecule has 2 saturated heterocycles. The molecule has 3 atom stereocenters. The number of carbonyl (C=O) groups is 2. The molecule has 0 bridgehead atoms. The predicted octanol–water partition coefficient (Wildman–Crippen LogP) is 0.270. The van der Waals surface area contributed by atoms with Gasteiger partial charge in [0.2, 0.25) is 5.91 Å². The van der Waals surface area contributed by atoms with E-state index in [0.717, 1.165) is 19.2 Å². The van der Waals surface area contributed by atoms with Crippen LogP contribution < -0.4 is 5.73 Å². The number of amides is 1. The third-order valence-electron chi connectivity index (χ3n) is 4.06. The van der Waals surface area contributed by atoms with Crippen molar-refractivity contribution in [2.45, 2.75) is 39.1 Å². The second-order valence-corrected chi connectivity index (χ2v) is 5.65. The molecule has 112 valence electrons. The fraction of sp³-hybridized carbons (Fsp3) is 0.846. The number of carbonyl (C=O) groups excluding carboxylic acids is 2. The van der Waals surface area contributed by atoms with E-state index in [2.05, 4.69) is 0 Å². The molecule has 0 aliphatic carbocycles. The first-order chi connectivity index (χ1) is 9.52. The van der Waals surface area contributed by atoms with Gasteiger partial charge in [-0.1, -0.05) is 6.42 Å². The topological polar surface area (TPSA) is 81.9 Å². The van der Waals surface area contributed by atoms with Crippen LogP contribution in [0.3, 0.4) is 0 Å². The molecule has 0 unspecified atom stereocenters. The summed E-state index contributed by atoms with van der Waals surface area (Å²) in [6.45, 7) is 5.11. The zero-order valence-electron chi connectivity index (χ0n) is 12.2. The predicted molar refractivity (Wildman–Crippen MR) is 74.7 cm³/mol.